The van der Waals surface area contributed by atoms with Crippen LogP contribution in [0.1, 0.15) is 40.5 Å². The lowest BCUT2D eigenvalue weighted by molar-refractivity contribution is -0.137. The van der Waals surface area contributed by atoms with Gasteiger partial charge in [-0.1, -0.05) is 20.8 Å². The van der Waals surface area contributed by atoms with E-state index in [2.05, 4.69) is 10.6 Å². The van der Waals surface area contributed by atoms with Crippen molar-refractivity contribution in [1.82, 2.24) is 10.6 Å². The minimum atomic E-state index is -0.587. The number of hydrogen-bond donors (Lipinski definition) is 3. The summed E-state index contributed by atoms with van der Waals surface area (Å²) in [5.74, 6) is -0.0577. The van der Waals surface area contributed by atoms with Gasteiger partial charge in [-0.05, 0) is 31.6 Å². The van der Waals surface area contributed by atoms with E-state index in [0.717, 1.165) is 6.42 Å². The second-order valence-electron chi connectivity index (χ2n) is 6.29. The third kappa shape index (κ3) is 5.63. The molecule has 0 bridgehead atoms. The van der Waals surface area contributed by atoms with Crippen molar-refractivity contribution in [3.63, 3.8) is 0 Å². The number of rotatable bonds is 7. The lowest BCUT2D eigenvalue weighted by Gasteiger charge is -2.23. The predicted molar refractivity (Wildman–Crippen MR) is 79.6 cm³/mol. The minimum absolute atomic E-state index is 0.0718. The summed E-state index contributed by atoms with van der Waals surface area (Å²) in [5.41, 5.74) is 0. The summed E-state index contributed by atoms with van der Waals surface area (Å²) in [6.45, 7) is 8.00. The molecule has 6 nitrogen and oxygen atoms in total. The van der Waals surface area contributed by atoms with Crippen molar-refractivity contribution >= 4 is 11.8 Å². The highest BCUT2D eigenvalue weighted by Crippen LogP contribution is 2.26. The Labute approximate surface area is 126 Å². The van der Waals surface area contributed by atoms with Crippen LogP contribution in [0, 0.1) is 11.8 Å². The highest BCUT2D eigenvalue weighted by molar-refractivity contribution is 5.89. The van der Waals surface area contributed by atoms with Crippen LogP contribution in [0.25, 0.3) is 0 Å². The van der Waals surface area contributed by atoms with Gasteiger partial charge < -0.3 is 20.5 Å². The Bertz CT molecular complexity index is 360. The minimum Gasteiger partial charge on any atom is -0.395 e. The van der Waals surface area contributed by atoms with E-state index in [-0.39, 0.29) is 42.9 Å². The Kier molecular flexibility index (Phi) is 7.11. The molecule has 3 N–H and O–H groups in total. The monoisotopic (exact) mass is 300 g/mol. The van der Waals surface area contributed by atoms with Crippen LogP contribution in [0.15, 0.2) is 0 Å². The Morgan fingerprint density at radius 1 is 1.33 bits per heavy atom. The Balaban J connectivity index is 2.62. The predicted octanol–water partition coefficient (Wildman–Crippen LogP) is 0.439. The first-order valence-electron chi connectivity index (χ1n) is 7.69. The van der Waals surface area contributed by atoms with Crippen molar-refractivity contribution in [2.24, 2.45) is 11.8 Å². The normalized spacial score (nSPS) is 26.7. The van der Waals surface area contributed by atoms with Crippen LogP contribution in [0.2, 0.25) is 0 Å². The molecule has 0 radical (unpaired) electrons. The second kappa shape index (κ2) is 8.34. The van der Waals surface area contributed by atoms with Crippen LogP contribution in [-0.2, 0) is 14.3 Å². The summed E-state index contributed by atoms with van der Waals surface area (Å²) in [7, 11) is 0. The van der Waals surface area contributed by atoms with Gasteiger partial charge in [0.2, 0.25) is 11.8 Å². The molecule has 0 unspecified atom stereocenters. The summed E-state index contributed by atoms with van der Waals surface area (Å²) >= 11 is 0. The Morgan fingerprint density at radius 3 is 2.48 bits per heavy atom. The van der Waals surface area contributed by atoms with Gasteiger partial charge in [-0.3, -0.25) is 9.59 Å². The maximum Gasteiger partial charge on any atom is 0.250 e. The summed E-state index contributed by atoms with van der Waals surface area (Å²) in [6, 6.07) is -0.587. The van der Waals surface area contributed by atoms with Gasteiger partial charge in [0.05, 0.1) is 12.7 Å². The van der Waals surface area contributed by atoms with Gasteiger partial charge in [0.1, 0.15) is 12.1 Å². The molecule has 0 aromatic heterocycles. The first kappa shape index (κ1) is 17.9. The Hall–Kier alpha value is -1.14. The standard InChI is InChI=1S/C15H28N2O4/c1-9(2)7-12(14(19)16-5-6-18)17-15(20)13-10(3)8-11(4)21-13/h9-13,18H,5-8H2,1-4H3,(H,16,19)(H,17,20)/t10-,11-,12+,13-/m1/s1. The van der Waals surface area contributed by atoms with Crippen LogP contribution in [-0.4, -0.2) is 48.3 Å². The van der Waals surface area contributed by atoms with E-state index in [4.69, 9.17) is 9.84 Å². The third-order valence-corrected chi connectivity index (χ3v) is 3.61. The maximum atomic E-state index is 12.3. The van der Waals surface area contributed by atoms with Crippen LogP contribution in [0.4, 0.5) is 0 Å². The molecule has 1 aliphatic rings. The fraction of sp³-hybridized carbons (Fsp3) is 0.867. The summed E-state index contributed by atoms with van der Waals surface area (Å²) in [4.78, 5) is 24.4. The summed E-state index contributed by atoms with van der Waals surface area (Å²) in [6.07, 6.45) is 0.992. The average Bonchev–Trinajstić information content (AvgIpc) is 2.73. The van der Waals surface area contributed by atoms with Gasteiger partial charge in [-0.25, -0.2) is 0 Å². The SMILES string of the molecule is CC(C)C[C@H](NC(=O)[C@@H]1O[C@H](C)C[C@H]1C)C(=O)NCCO. The number of hydrogen-bond acceptors (Lipinski definition) is 4. The lowest BCUT2D eigenvalue weighted by atomic mass is 9.99. The first-order chi connectivity index (χ1) is 9.85. The van der Waals surface area contributed by atoms with Crippen molar-refractivity contribution in [1.29, 1.82) is 0 Å². The van der Waals surface area contributed by atoms with E-state index < -0.39 is 12.1 Å². The zero-order valence-electron chi connectivity index (χ0n) is 13.4. The number of nitrogens with one attached hydrogen (secondary N) is 2. The van der Waals surface area contributed by atoms with Crippen LogP contribution >= 0.6 is 0 Å². The molecule has 2 amide bonds. The first-order valence-corrected chi connectivity index (χ1v) is 7.69. The molecular formula is C15H28N2O4. The molecule has 0 aromatic rings. The van der Waals surface area contributed by atoms with E-state index in [1.165, 1.54) is 0 Å². The number of aliphatic hydroxyl groups is 1. The molecule has 1 aliphatic heterocycles. The molecule has 21 heavy (non-hydrogen) atoms. The van der Waals surface area contributed by atoms with Gasteiger partial charge in [0.25, 0.3) is 0 Å². The van der Waals surface area contributed by atoms with Gasteiger partial charge >= 0.3 is 0 Å². The molecule has 1 rings (SSSR count). The highest BCUT2D eigenvalue weighted by Gasteiger charge is 2.36. The molecule has 1 heterocycles. The topological polar surface area (TPSA) is 87.7 Å². The van der Waals surface area contributed by atoms with Gasteiger partial charge in [0, 0.05) is 6.54 Å². The number of carbonyl (C=O) groups is 2. The summed E-state index contributed by atoms with van der Waals surface area (Å²) < 4.78 is 5.62. The van der Waals surface area contributed by atoms with Crippen molar-refractivity contribution < 1.29 is 19.4 Å². The molecule has 0 saturated carbocycles. The second-order valence-corrected chi connectivity index (χ2v) is 6.29. The van der Waals surface area contributed by atoms with Gasteiger partial charge in [-0.2, -0.15) is 0 Å². The Morgan fingerprint density at radius 2 is 2.00 bits per heavy atom. The van der Waals surface area contributed by atoms with Crippen LogP contribution in [0.3, 0.4) is 0 Å². The number of ether oxygens (including phenoxy) is 1. The van der Waals surface area contributed by atoms with E-state index in [1.807, 2.05) is 27.7 Å². The molecule has 0 spiro atoms. The molecule has 1 fully saturated rings. The molecule has 0 aliphatic carbocycles. The zero-order chi connectivity index (χ0) is 16.0. The third-order valence-electron chi connectivity index (χ3n) is 3.61. The van der Waals surface area contributed by atoms with Crippen LogP contribution in [0.5, 0.6) is 0 Å². The van der Waals surface area contributed by atoms with Gasteiger partial charge in [0.15, 0.2) is 0 Å². The van der Waals surface area contributed by atoms with E-state index >= 15 is 0 Å². The maximum absolute atomic E-state index is 12.3. The van der Waals surface area contributed by atoms with Crippen molar-refractivity contribution in [2.45, 2.75) is 58.8 Å². The largest absolute Gasteiger partial charge is 0.395 e. The molecule has 4 atom stereocenters. The fourth-order valence-electron chi connectivity index (χ4n) is 2.67. The van der Waals surface area contributed by atoms with E-state index in [9.17, 15) is 9.59 Å². The number of carbonyl (C=O) groups excluding carboxylic acids is 2. The number of aliphatic hydroxyl groups excluding tert-OH is 1. The fourth-order valence-corrected chi connectivity index (χ4v) is 2.67. The quantitative estimate of drug-likeness (QED) is 0.636. The molecule has 122 valence electrons. The molecule has 1 saturated heterocycles. The van der Waals surface area contributed by atoms with E-state index in [1.54, 1.807) is 0 Å². The van der Waals surface area contributed by atoms with Crippen molar-refractivity contribution in [3.8, 4) is 0 Å². The van der Waals surface area contributed by atoms with Crippen LogP contribution < -0.4 is 10.6 Å². The van der Waals surface area contributed by atoms with Gasteiger partial charge in [-0.15, -0.1) is 0 Å². The smallest absolute Gasteiger partial charge is 0.250 e. The highest BCUT2D eigenvalue weighted by atomic mass is 16.5. The average molecular weight is 300 g/mol. The lowest BCUT2D eigenvalue weighted by Crippen LogP contribution is -2.51. The van der Waals surface area contributed by atoms with E-state index in [0.29, 0.717) is 6.42 Å². The zero-order valence-corrected chi connectivity index (χ0v) is 13.4. The van der Waals surface area contributed by atoms with Crippen molar-refractivity contribution in [3.05, 3.63) is 0 Å². The molecular weight excluding hydrogens is 272 g/mol. The number of amides is 2. The summed E-state index contributed by atoms with van der Waals surface area (Å²) in [5, 5.41) is 14.2. The molecule has 0 aromatic carbocycles. The molecule has 6 heteroatoms. The van der Waals surface area contributed by atoms with Crippen molar-refractivity contribution in [2.75, 3.05) is 13.2 Å².